The second-order valence-corrected chi connectivity index (χ2v) is 6.29. The Morgan fingerprint density at radius 3 is 2.89 bits per heavy atom. The van der Waals surface area contributed by atoms with Crippen molar-refractivity contribution in [3.8, 4) is 0 Å². The molecule has 1 atom stereocenters. The van der Waals surface area contributed by atoms with E-state index in [0.717, 1.165) is 17.7 Å². The van der Waals surface area contributed by atoms with E-state index < -0.39 is 0 Å². The zero-order valence-corrected chi connectivity index (χ0v) is 11.8. The van der Waals surface area contributed by atoms with Gasteiger partial charge in [0.1, 0.15) is 5.82 Å². The maximum atomic E-state index is 13.4. The van der Waals surface area contributed by atoms with Gasteiger partial charge in [-0.1, -0.05) is 11.6 Å². The summed E-state index contributed by atoms with van der Waals surface area (Å²) in [5.74, 6) is 5.35. The molecule has 1 aromatic heterocycles. The van der Waals surface area contributed by atoms with Crippen LogP contribution < -0.4 is 11.3 Å². The lowest BCUT2D eigenvalue weighted by Crippen LogP contribution is -2.28. The lowest BCUT2D eigenvalue weighted by Gasteiger charge is -2.16. The predicted molar refractivity (Wildman–Crippen MR) is 76.9 cm³/mol. The Morgan fingerprint density at radius 2 is 2.16 bits per heavy atom. The highest BCUT2D eigenvalue weighted by Crippen LogP contribution is 2.37. The Morgan fingerprint density at radius 1 is 1.32 bits per heavy atom. The molecule has 0 amide bonds. The van der Waals surface area contributed by atoms with Gasteiger partial charge in [0.25, 0.3) is 0 Å². The van der Waals surface area contributed by atoms with Crippen LogP contribution in [0.4, 0.5) is 4.39 Å². The van der Waals surface area contributed by atoms with E-state index in [1.54, 1.807) is 17.4 Å². The summed E-state index contributed by atoms with van der Waals surface area (Å²) in [6.45, 7) is 0. The minimum Gasteiger partial charge on any atom is -0.271 e. The van der Waals surface area contributed by atoms with Gasteiger partial charge in [0.05, 0.1) is 6.04 Å². The van der Waals surface area contributed by atoms with Crippen molar-refractivity contribution in [1.82, 2.24) is 5.43 Å². The first-order valence-electron chi connectivity index (χ1n) is 6.21. The van der Waals surface area contributed by atoms with Crippen molar-refractivity contribution in [1.29, 1.82) is 0 Å². The summed E-state index contributed by atoms with van der Waals surface area (Å²) < 4.78 is 13.4. The second-order valence-electron chi connectivity index (χ2n) is 4.72. The van der Waals surface area contributed by atoms with Crippen molar-refractivity contribution in [2.24, 2.45) is 5.84 Å². The molecule has 1 aliphatic rings. The van der Waals surface area contributed by atoms with Crippen LogP contribution in [0.1, 0.15) is 33.3 Å². The Labute approximate surface area is 120 Å². The molecule has 100 valence electrons. The van der Waals surface area contributed by atoms with Gasteiger partial charge in [-0.05, 0) is 54.7 Å². The first-order valence-corrected chi connectivity index (χ1v) is 7.41. The summed E-state index contributed by atoms with van der Waals surface area (Å²) >= 11 is 7.90. The van der Waals surface area contributed by atoms with Crippen LogP contribution in [0.2, 0.25) is 5.02 Å². The van der Waals surface area contributed by atoms with E-state index in [0.29, 0.717) is 10.6 Å². The van der Waals surface area contributed by atoms with E-state index in [4.69, 9.17) is 17.4 Å². The van der Waals surface area contributed by atoms with Crippen molar-refractivity contribution < 1.29 is 4.39 Å². The maximum absolute atomic E-state index is 13.4. The minimum absolute atomic E-state index is 0.251. The number of rotatable bonds is 3. The van der Waals surface area contributed by atoms with Crippen LogP contribution >= 0.6 is 22.9 Å². The molecule has 0 spiro atoms. The first-order chi connectivity index (χ1) is 9.19. The molecule has 0 fully saturated rings. The van der Waals surface area contributed by atoms with Crippen molar-refractivity contribution in [2.45, 2.75) is 25.3 Å². The van der Waals surface area contributed by atoms with Gasteiger partial charge in [0.15, 0.2) is 0 Å². The monoisotopic (exact) mass is 296 g/mol. The molecule has 0 saturated heterocycles. The van der Waals surface area contributed by atoms with Crippen LogP contribution in [-0.4, -0.2) is 0 Å². The number of hydrogen-bond donors (Lipinski definition) is 2. The molecule has 0 radical (unpaired) electrons. The molecule has 5 heteroatoms. The molecule has 19 heavy (non-hydrogen) atoms. The molecule has 0 aliphatic heterocycles. The number of thiophene rings is 1. The number of nitrogens with two attached hydrogens (primary N) is 1. The van der Waals surface area contributed by atoms with E-state index in [2.05, 4.69) is 11.5 Å². The van der Waals surface area contributed by atoms with Crippen LogP contribution in [0.3, 0.4) is 0 Å². The van der Waals surface area contributed by atoms with Crippen molar-refractivity contribution in [3.63, 3.8) is 0 Å². The highest BCUT2D eigenvalue weighted by Gasteiger charge is 2.22. The van der Waals surface area contributed by atoms with Gasteiger partial charge in [-0.3, -0.25) is 5.84 Å². The topological polar surface area (TPSA) is 38.0 Å². The van der Waals surface area contributed by atoms with E-state index in [1.807, 2.05) is 0 Å². The molecule has 2 aromatic rings. The molecule has 0 saturated carbocycles. The van der Waals surface area contributed by atoms with E-state index in [1.165, 1.54) is 29.0 Å². The molecule has 2 nitrogen and oxygen atoms in total. The van der Waals surface area contributed by atoms with Gasteiger partial charge in [0.2, 0.25) is 0 Å². The number of hydrogen-bond acceptors (Lipinski definition) is 3. The van der Waals surface area contributed by atoms with Gasteiger partial charge in [-0.2, -0.15) is 0 Å². The number of aryl methyl sites for hydroxylation is 2. The van der Waals surface area contributed by atoms with Gasteiger partial charge in [-0.25, -0.2) is 9.82 Å². The predicted octanol–water partition coefficient (Wildman–Crippen LogP) is 3.58. The average molecular weight is 297 g/mol. The molecular weight excluding hydrogens is 283 g/mol. The van der Waals surface area contributed by atoms with Crippen LogP contribution in [0, 0.1) is 5.82 Å². The summed E-state index contributed by atoms with van der Waals surface area (Å²) in [5.41, 5.74) is 4.83. The van der Waals surface area contributed by atoms with Crippen LogP contribution in [-0.2, 0) is 12.8 Å². The van der Waals surface area contributed by atoms with Crippen molar-refractivity contribution in [3.05, 3.63) is 56.0 Å². The smallest absolute Gasteiger partial charge is 0.123 e. The number of nitrogens with one attached hydrogen (secondary N) is 1. The van der Waals surface area contributed by atoms with E-state index >= 15 is 0 Å². The lowest BCUT2D eigenvalue weighted by molar-refractivity contribution is 0.608. The summed E-state index contributed by atoms with van der Waals surface area (Å²) in [7, 11) is 0. The summed E-state index contributed by atoms with van der Waals surface area (Å²) in [5, 5.41) is 0.526. The van der Waals surface area contributed by atoms with Crippen LogP contribution in [0.5, 0.6) is 0 Å². The second kappa shape index (κ2) is 5.21. The van der Waals surface area contributed by atoms with Gasteiger partial charge in [-0.15, -0.1) is 11.3 Å². The highest BCUT2D eigenvalue weighted by molar-refractivity contribution is 7.12. The third-order valence-corrected chi connectivity index (χ3v) is 5.13. The maximum Gasteiger partial charge on any atom is 0.123 e. The fourth-order valence-electron chi connectivity index (χ4n) is 2.56. The molecule has 1 heterocycles. The highest BCUT2D eigenvalue weighted by atomic mass is 35.5. The minimum atomic E-state index is -0.302. The number of hydrazine groups is 1. The average Bonchev–Trinajstić information content (AvgIpc) is 2.95. The van der Waals surface area contributed by atoms with Crippen molar-refractivity contribution in [2.75, 3.05) is 0 Å². The first kappa shape index (κ1) is 13.1. The molecule has 3 rings (SSSR count). The SMILES string of the molecule is NNC(c1cc2c(s1)CCC2)c1cc(F)ccc1Cl. The van der Waals surface area contributed by atoms with Crippen LogP contribution in [0.15, 0.2) is 24.3 Å². The molecule has 1 aromatic carbocycles. The quantitative estimate of drug-likeness (QED) is 0.671. The molecule has 1 aliphatic carbocycles. The van der Waals surface area contributed by atoms with E-state index in [9.17, 15) is 4.39 Å². The third-order valence-electron chi connectivity index (χ3n) is 3.49. The van der Waals surface area contributed by atoms with Gasteiger partial charge < -0.3 is 0 Å². The third kappa shape index (κ3) is 2.41. The summed E-state index contributed by atoms with van der Waals surface area (Å²) in [6, 6.07) is 6.28. The Balaban J connectivity index is 2.01. The Bertz CT molecular complexity index is 590. The zero-order valence-electron chi connectivity index (χ0n) is 10.2. The fraction of sp³-hybridized carbons (Fsp3) is 0.286. The van der Waals surface area contributed by atoms with E-state index in [-0.39, 0.29) is 11.9 Å². The standard InChI is InChI=1S/C14H14ClFN2S/c15-11-5-4-9(16)7-10(11)14(18-17)13-6-8-2-1-3-12(8)19-13/h4-7,14,18H,1-3,17H2. The normalized spacial score (nSPS) is 15.5. The molecule has 0 bridgehead atoms. The van der Waals surface area contributed by atoms with Crippen LogP contribution in [0.25, 0.3) is 0 Å². The molecule has 1 unspecified atom stereocenters. The Hall–Kier alpha value is -0.940. The largest absolute Gasteiger partial charge is 0.271 e. The number of halogens is 2. The number of benzene rings is 1. The van der Waals surface area contributed by atoms with Crippen molar-refractivity contribution >= 4 is 22.9 Å². The van der Waals surface area contributed by atoms with Gasteiger partial charge >= 0.3 is 0 Å². The van der Waals surface area contributed by atoms with Gasteiger partial charge in [0, 0.05) is 14.8 Å². The molecule has 3 N–H and O–H groups in total. The zero-order chi connectivity index (χ0) is 13.4. The number of fused-ring (bicyclic) bond motifs is 1. The summed E-state index contributed by atoms with van der Waals surface area (Å²) in [4.78, 5) is 2.52. The Kier molecular flexibility index (Phi) is 3.58. The molecular formula is C14H14ClFN2S. The summed E-state index contributed by atoms with van der Waals surface area (Å²) in [6.07, 6.45) is 3.48. The lowest BCUT2D eigenvalue weighted by atomic mass is 10.0. The fourth-order valence-corrected chi connectivity index (χ4v) is 4.12.